The monoisotopic (exact) mass is 335 g/mol. The maximum Gasteiger partial charge on any atom is 0.264 e. The Morgan fingerprint density at radius 1 is 1.39 bits per heavy atom. The molecule has 0 saturated carbocycles. The standard InChI is InChI=1S/C17H25N3O2S/c1-12-6-9-23-15(12)17(22)20-8-3-4-13(11-20)10-19-16(21)14-5-2-7-18-14/h6,9,13-14,18H,2-5,7-8,10-11H2,1H3,(H,19,21)/t13-,14-/m0/s1. The highest BCUT2D eigenvalue weighted by Gasteiger charge is 2.27. The van der Waals surface area contributed by atoms with E-state index in [1.165, 1.54) is 11.3 Å². The first-order valence-electron chi connectivity index (χ1n) is 8.49. The SMILES string of the molecule is Cc1ccsc1C(=O)N1CCC[C@@H](CNC(=O)[C@@H]2CCCN2)C1. The number of amides is 2. The Kier molecular flexibility index (Phi) is 5.33. The lowest BCUT2D eigenvalue weighted by atomic mass is 9.97. The van der Waals surface area contributed by atoms with E-state index in [1.807, 2.05) is 23.3 Å². The Balaban J connectivity index is 1.51. The van der Waals surface area contributed by atoms with Crippen LogP contribution < -0.4 is 10.6 Å². The van der Waals surface area contributed by atoms with Gasteiger partial charge in [-0.25, -0.2) is 0 Å². The molecule has 3 heterocycles. The molecule has 5 nitrogen and oxygen atoms in total. The summed E-state index contributed by atoms with van der Waals surface area (Å²) >= 11 is 1.52. The number of rotatable bonds is 4. The van der Waals surface area contributed by atoms with Gasteiger partial charge >= 0.3 is 0 Å². The largest absolute Gasteiger partial charge is 0.354 e. The molecule has 1 aromatic rings. The summed E-state index contributed by atoms with van der Waals surface area (Å²) in [6.07, 6.45) is 4.09. The Bertz CT molecular complexity index is 566. The molecule has 126 valence electrons. The van der Waals surface area contributed by atoms with Gasteiger partial charge in [0, 0.05) is 19.6 Å². The van der Waals surface area contributed by atoms with Gasteiger partial charge in [0.15, 0.2) is 0 Å². The van der Waals surface area contributed by atoms with Crippen LogP contribution >= 0.6 is 11.3 Å². The molecule has 3 rings (SSSR count). The van der Waals surface area contributed by atoms with Gasteiger partial charge in [-0.05, 0) is 62.1 Å². The van der Waals surface area contributed by atoms with Crippen molar-refractivity contribution >= 4 is 23.2 Å². The third kappa shape index (κ3) is 3.93. The van der Waals surface area contributed by atoms with Crippen LogP contribution in [-0.2, 0) is 4.79 Å². The average Bonchev–Trinajstić information content (AvgIpc) is 3.23. The molecule has 2 fully saturated rings. The van der Waals surface area contributed by atoms with Crippen molar-refractivity contribution < 1.29 is 9.59 Å². The van der Waals surface area contributed by atoms with Crippen LogP contribution in [0.15, 0.2) is 11.4 Å². The van der Waals surface area contributed by atoms with Crippen LogP contribution in [0.1, 0.15) is 40.9 Å². The normalized spacial score (nSPS) is 24.7. The molecule has 23 heavy (non-hydrogen) atoms. The molecule has 0 radical (unpaired) electrons. The van der Waals surface area contributed by atoms with Gasteiger partial charge in [0.05, 0.1) is 10.9 Å². The quantitative estimate of drug-likeness (QED) is 0.882. The Morgan fingerprint density at radius 2 is 2.26 bits per heavy atom. The van der Waals surface area contributed by atoms with E-state index in [-0.39, 0.29) is 17.9 Å². The lowest BCUT2D eigenvalue weighted by molar-refractivity contribution is -0.123. The van der Waals surface area contributed by atoms with Crippen molar-refractivity contribution in [1.29, 1.82) is 0 Å². The zero-order chi connectivity index (χ0) is 16.2. The van der Waals surface area contributed by atoms with Crippen molar-refractivity contribution in [3.63, 3.8) is 0 Å². The minimum atomic E-state index is -0.0231. The van der Waals surface area contributed by atoms with E-state index in [4.69, 9.17) is 0 Å². The summed E-state index contributed by atoms with van der Waals surface area (Å²) in [6.45, 7) is 5.16. The van der Waals surface area contributed by atoms with Crippen LogP contribution in [0.3, 0.4) is 0 Å². The van der Waals surface area contributed by atoms with Crippen LogP contribution in [0.25, 0.3) is 0 Å². The van der Waals surface area contributed by atoms with E-state index in [2.05, 4.69) is 10.6 Å². The Labute approximate surface area is 141 Å². The highest BCUT2D eigenvalue weighted by Crippen LogP contribution is 2.22. The lowest BCUT2D eigenvalue weighted by Gasteiger charge is -2.33. The lowest BCUT2D eigenvalue weighted by Crippen LogP contribution is -2.46. The summed E-state index contributed by atoms with van der Waals surface area (Å²) in [7, 11) is 0. The second-order valence-electron chi connectivity index (χ2n) is 6.59. The highest BCUT2D eigenvalue weighted by molar-refractivity contribution is 7.12. The van der Waals surface area contributed by atoms with Gasteiger partial charge in [0.2, 0.25) is 5.91 Å². The number of aryl methyl sites for hydroxylation is 1. The molecule has 1 aromatic heterocycles. The van der Waals surface area contributed by atoms with Crippen LogP contribution in [0.2, 0.25) is 0 Å². The van der Waals surface area contributed by atoms with E-state index >= 15 is 0 Å². The number of hydrogen-bond donors (Lipinski definition) is 2. The molecule has 0 spiro atoms. The number of nitrogens with one attached hydrogen (secondary N) is 2. The smallest absolute Gasteiger partial charge is 0.264 e. The second kappa shape index (κ2) is 7.45. The number of carbonyl (C=O) groups is 2. The summed E-state index contributed by atoms with van der Waals surface area (Å²) in [6, 6.07) is 1.97. The molecule has 2 aliphatic rings. The fraction of sp³-hybridized carbons (Fsp3) is 0.647. The van der Waals surface area contributed by atoms with Crippen molar-refractivity contribution in [2.75, 3.05) is 26.2 Å². The fourth-order valence-electron chi connectivity index (χ4n) is 3.43. The van der Waals surface area contributed by atoms with Gasteiger partial charge in [-0.1, -0.05) is 0 Å². The maximum atomic E-state index is 12.6. The number of carbonyl (C=O) groups excluding carboxylic acids is 2. The van der Waals surface area contributed by atoms with Gasteiger partial charge in [-0.3, -0.25) is 9.59 Å². The highest BCUT2D eigenvalue weighted by atomic mass is 32.1. The molecule has 0 bridgehead atoms. The molecule has 0 aromatic carbocycles. The molecular formula is C17H25N3O2S. The van der Waals surface area contributed by atoms with Gasteiger partial charge < -0.3 is 15.5 Å². The number of nitrogens with zero attached hydrogens (tertiary/aromatic N) is 1. The third-order valence-electron chi connectivity index (χ3n) is 4.80. The summed E-state index contributed by atoms with van der Waals surface area (Å²) in [5.41, 5.74) is 1.06. The topological polar surface area (TPSA) is 61.4 Å². The van der Waals surface area contributed by atoms with Crippen LogP contribution in [0, 0.1) is 12.8 Å². The van der Waals surface area contributed by atoms with E-state index in [0.29, 0.717) is 12.5 Å². The molecule has 0 aliphatic carbocycles. The van der Waals surface area contributed by atoms with Crippen LogP contribution in [0.5, 0.6) is 0 Å². The van der Waals surface area contributed by atoms with E-state index < -0.39 is 0 Å². The predicted octanol–water partition coefficient (Wildman–Crippen LogP) is 1.78. The van der Waals surface area contributed by atoms with Crippen LogP contribution in [-0.4, -0.2) is 48.9 Å². The molecule has 2 atom stereocenters. The van der Waals surface area contributed by atoms with Gasteiger partial charge in [-0.15, -0.1) is 11.3 Å². The minimum absolute atomic E-state index is 0.0231. The molecule has 2 amide bonds. The van der Waals surface area contributed by atoms with Gasteiger partial charge in [-0.2, -0.15) is 0 Å². The Hall–Kier alpha value is -1.40. The zero-order valence-electron chi connectivity index (χ0n) is 13.6. The van der Waals surface area contributed by atoms with E-state index in [1.54, 1.807) is 0 Å². The molecule has 2 aliphatic heterocycles. The summed E-state index contributed by atoms with van der Waals surface area (Å²) < 4.78 is 0. The fourth-order valence-corrected chi connectivity index (χ4v) is 4.32. The first-order chi connectivity index (χ1) is 11.1. The molecule has 2 N–H and O–H groups in total. The number of piperidine rings is 1. The molecule has 2 saturated heterocycles. The van der Waals surface area contributed by atoms with E-state index in [9.17, 15) is 9.59 Å². The van der Waals surface area contributed by atoms with Gasteiger partial charge in [0.1, 0.15) is 0 Å². The van der Waals surface area contributed by atoms with Crippen molar-refractivity contribution in [3.8, 4) is 0 Å². The zero-order valence-corrected chi connectivity index (χ0v) is 14.5. The van der Waals surface area contributed by atoms with E-state index in [0.717, 1.165) is 55.8 Å². The number of likely N-dealkylation sites (tertiary alicyclic amines) is 1. The first kappa shape index (κ1) is 16.5. The Morgan fingerprint density at radius 3 is 2.96 bits per heavy atom. The summed E-state index contributed by atoms with van der Waals surface area (Å²) in [4.78, 5) is 27.5. The molecule has 0 unspecified atom stereocenters. The summed E-state index contributed by atoms with van der Waals surface area (Å²) in [5, 5.41) is 8.25. The number of thiophene rings is 1. The molecular weight excluding hydrogens is 310 g/mol. The number of hydrogen-bond acceptors (Lipinski definition) is 4. The summed E-state index contributed by atoms with van der Waals surface area (Å²) in [5.74, 6) is 0.615. The van der Waals surface area contributed by atoms with Crippen molar-refractivity contribution in [1.82, 2.24) is 15.5 Å². The average molecular weight is 335 g/mol. The van der Waals surface area contributed by atoms with Gasteiger partial charge in [0.25, 0.3) is 5.91 Å². The third-order valence-corrected chi connectivity index (χ3v) is 5.81. The minimum Gasteiger partial charge on any atom is -0.354 e. The van der Waals surface area contributed by atoms with Crippen molar-refractivity contribution in [2.24, 2.45) is 5.92 Å². The second-order valence-corrected chi connectivity index (χ2v) is 7.50. The van der Waals surface area contributed by atoms with Crippen LogP contribution in [0.4, 0.5) is 0 Å². The van der Waals surface area contributed by atoms with Crippen molar-refractivity contribution in [3.05, 3.63) is 21.9 Å². The predicted molar refractivity (Wildman–Crippen MR) is 91.7 cm³/mol. The molecule has 6 heteroatoms. The maximum absolute atomic E-state index is 12.6. The first-order valence-corrected chi connectivity index (χ1v) is 9.37. The van der Waals surface area contributed by atoms with Crippen molar-refractivity contribution in [2.45, 2.75) is 38.6 Å².